The van der Waals surface area contributed by atoms with Crippen LogP contribution in [-0.2, 0) is 10.0 Å². The van der Waals surface area contributed by atoms with Gasteiger partial charge in [0.1, 0.15) is 0 Å². The summed E-state index contributed by atoms with van der Waals surface area (Å²) in [5.41, 5.74) is 6.37. The third-order valence-electron chi connectivity index (χ3n) is 3.96. The maximum atomic E-state index is 12.3. The Hall–Kier alpha value is -1.11. The molecule has 114 valence electrons. The fourth-order valence-electron chi connectivity index (χ4n) is 2.08. The van der Waals surface area contributed by atoms with Crippen LogP contribution in [0.2, 0.25) is 0 Å². The largest absolute Gasteiger partial charge is 0.399 e. The van der Waals surface area contributed by atoms with Gasteiger partial charge < -0.3 is 10.8 Å². The molecular formula is C14H24N2O3S. The Bertz CT molecular complexity index is 543. The molecule has 6 heteroatoms. The van der Waals surface area contributed by atoms with Crippen LogP contribution in [0, 0.1) is 12.3 Å². The van der Waals surface area contributed by atoms with Gasteiger partial charge in [0, 0.05) is 24.3 Å². The lowest BCUT2D eigenvalue weighted by Crippen LogP contribution is -2.39. The van der Waals surface area contributed by atoms with E-state index in [4.69, 9.17) is 5.73 Å². The van der Waals surface area contributed by atoms with Gasteiger partial charge in [0.25, 0.3) is 0 Å². The van der Waals surface area contributed by atoms with E-state index in [-0.39, 0.29) is 18.0 Å². The third-order valence-corrected chi connectivity index (χ3v) is 5.52. The van der Waals surface area contributed by atoms with Crippen LogP contribution in [0.5, 0.6) is 0 Å². The quantitative estimate of drug-likeness (QED) is 0.668. The number of aryl methyl sites for hydroxylation is 1. The Morgan fingerprint density at radius 3 is 2.35 bits per heavy atom. The second-order valence-corrected chi connectivity index (χ2v) is 6.95. The second-order valence-electron chi connectivity index (χ2n) is 5.21. The Morgan fingerprint density at radius 2 is 1.90 bits per heavy atom. The van der Waals surface area contributed by atoms with Crippen LogP contribution in [0.15, 0.2) is 23.1 Å². The van der Waals surface area contributed by atoms with Gasteiger partial charge in [-0.2, -0.15) is 0 Å². The Balaban J connectivity index is 2.96. The molecule has 1 aromatic carbocycles. The minimum atomic E-state index is -3.59. The lowest BCUT2D eigenvalue weighted by molar-refractivity contribution is 0.119. The summed E-state index contributed by atoms with van der Waals surface area (Å²) < 4.78 is 27.3. The smallest absolute Gasteiger partial charge is 0.240 e. The molecule has 20 heavy (non-hydrogen) atoms. The van der Waals surface area contributed by atoms with E-state index in [1.807, 2.05) is 13.8 Å². The van der Waals surface area contributed by atoms with Crippen molar-refractivity contribution in [1.29, 1.82) is 0 Å². The predicted molar refractivity (Wildman–Crippen MR) is 80.9 cm³/mol. The predicted octanol–water partition coefficient (Wildman–Crippen LogP) is 1.65. The van der Waals surface area contributed by atoms with Crippen LogP contribution in [0.1, 0.15) is 32.3 Å². The summed E-state index contributed by atoms with van der Waals surface area (Å²) in [4.78, 5) is 0.228. The minimum absolute atomic E-state index is 0.0385. The lowest BCUT2D eigenvalue weighted by Gasteiger charge is -2.29. The molecule has 1 rings (SSSR count). The molecule has 0 spiro atoms. The van der Waals surface area contributed by atoms with Gasteiger partial charge in [0.05, 0.1) is 4.90 Å². The van der Waals surface area contributed by atoms with Gasteiger partial charge in [-0.25, -0.2) is 13.1 Å². The standard InChI is InChI=1S/C14H24N2O3S/c1-4-14(5-2,10-17)9-16-20(18,19)13-7-6-12(15)8-11(13)3/h6-8,16-17H,4-5,9-10,15H2,1-3H3. The first-order chi connectivity index (χ1) is 9.30. The number of nitrogens with one attached hydrogen (secondary N) is 1. The molecule has 0 unspecified atom stereocenters. The topological polar surface area (TPSA) is 92.4 Å². The first-order valence-electron chi connectivity index (χ1n) is 6.77. The van der Waals surface area contributed by atoms with E-state index < -0.39 is 15.4 Å². The highest BCUT2D eigenvalue weighted by atomic mass is 32.2. The normalized spacial score (nSPS) is 12.6. The maximum absolute atomic E-state index is 12.3. The fourth-order valence-corrected chi connectivity index (χ4v) is 3.46. The number of aliphatic hydroxyl groups excluding tert-OH is 1. The maximum Gasteiger partial charge on any atom is 0.240 e. The van der Waals surface area contributed by atoms with E-state index in [1.54, 1.807) is 19.1 Å². The van der Waals surface area contributed by atoms with Crippen molar-refractivity contribution in [3.05, 3.63) is 23.8 Å². The number of anilines is 1. The molecule has 0 heterocycles. The van der Waals surface area contributed by atoms with Gasteiger partial charge in [0.2, 0.25) is 10.0 Å². The van der Waals surface area contributed by atoms with Crippen molar-refractivity contribution >= 4 is 15.7 Å². The van der Waals surface area contributed by atoms with Gasteiger partial charge in [-0.3, -0.25) is 0 Å². The number of aliphatic hydroxyl groups is 1. The zero-order valence-corrected chi connectivity index (χ0v) is 13.1. The van der Waals surface area contributed by atoms with Gasteiger partial charge in [-0.1, -0.05) is 13.8 Å². The average Bonchev–Trinajstić information content (AvgIpc) is 2.40. The van der Waals surface area contributed by atoms with Crippen molar-refractivity contribution in [2.75, 3.05) is 18.9 Å². The fraction of sp³-hybridized carbons (Fsp3) is 0.571. The van der Waals surface area contributed by atoms with Crippen molar-refractivity contribution in [2.45, 2.75) is 38.5 Å². The van der Waals surface area contributed by atoms with E-state index in [2.05, 4.69) is 4.72 Å². The monoisotopic (exact) mass is 300 g/mol. The summed E-state index contributed by atoms with van der Waals surface area (Å²) >= 11 is 0. The Morgan fingerprint density at radius 1 is 1.30 bits per heavy atom. The van der Waals surface area contributed by atoms with Crippen molar-refractivity contribution in [3.63, 3.8) is 0 Å². The Kier molecular flexibility index (Phi) is 5.56. The number of hydrogen-bond donors (Lipinski definition) is 3. The van der Waals surface area contributed by atoms with Crippen LogP contribution >= 0.6 is 0 Å². The number of sulfonamides is 1. The number of rotatable bonds is 7. The molecule has 0 fully saturated rings. The van der Waals surface area contributed by atoms with Crippen molar-refractivity contribution in [1.82, 2.24) is 4.72 Å². The molecule has 0 aliphatic carbocycles. The molecule has 0 bridgehead atoms. The van der Waals surface area contributed by atoms with E-state index in [0.717, 1.165) is 0 Å². The molecule has 0 aromatic heterocycles. The van der Waals surface area contributed by atoms with Crippen LogP contribution in [0.4, 0.5) is 5.69 Å². The van der Waals surface area contributed by atoms with Crippen molar-refractivity contribution in [3.8, 4) is 0 Å². The molecule has 0 aliphatic rings. The molecule has 0 radical (unpaired) electrons. The van der Waals surface area contributed by atoms with Crippen LogP contribution in [0.3, 0.4) is 0 Å². The Labute approximate surface area is 121 Å². The molecular weight excluding hydrogens is 276 g/mol. The molecule has 0 saturated heterocycles. The molecule has 0 amide bonds. The first kappa shape index (κ1) is 16.9. The highest BCUT2D eigenvalue weighted by Crippen LogP contribution is 2.26. The molecule has 0 atom stereocenters. The highest BCUT2D eigenvalue weighted by Gasteiger charge is 2.28. The number of benzene rings is 1. The summed E-state index contributed by atoms with van der Waals surface area (Å²) in [5, 5.41) is 9.48. The summed E-state index contributed by atoms with van der Waals surface area (Å²) in [5.74, 6) is 0. The minimum Gasteiger partial charge on any atom is -0.399 e. The molecule has 0 aliphatic heterocycles. The number of nitrogen functional groups attached to an aromatic ring is 1. The number of nitrogens with two attached hydrogens (primary N) is 1. The van der Waals surface area contributed by atoms with Crippen molar-refractivity contribution in [2.24, 2.45) is 5.41 Å². The zero-order chi connectivity index (χ0) is 15.4. The number of hydrogen-bond acceptors (Lipinski definition) is 4. The highest BCUT2D eigenvalue weighted by molar-refractivity contribution is 7.89. The third kappa shape index (κ3) is 3.71. The van der Waals surface area contributed by atoms with Crippen molar-refractivity contribution < 1.29 is 13.5 Å². The van der Waals surface area contributed by atoms with Crippen LogP contribution in [0.25, 0.3) is 0 Å². The van der Waals surface area contributed by atoms with E-state index in [0.29, 0.717) is 24.1 Å². The zero-order valence-electron chi connectivity index (χ0n) is 12.3. The lowest BCUT2D eigenvalue weighted by atomic mass is 9.84. The van der Waals surface area contributed by atoms with Crippen LogP contribution < -0.4 is 10.5 Å². The molecule has 1 aromatic rings. The van der Waals surface area contributed by atoms with Gasteiger partial charge in [-0.05, 0) is 43.5 Å². The summed E-state index contributed by atoms with van der Waals surface area (Å²) in [7, 11) is -3.59. The molecule has 5 nitrogen and oxygen atoms in total. The van der Waals surface area contributed by atoms with Gasteiger partial charge >= 0.3 is 0 Å². The average molecular weight is 300 g/mol. The van der Waals surface area contributed by atoms with E-state index >= 15 is 0 Å². The molecule has 4 N–H and O–H groups in total. The van der Waals surface area contributed by atoms with Gasteiger partial charge in [0.15, 0.2) is 0 Å². The summed E-state index contributed by atoms with van der Waals surface area (Å²) in [6, 6.07) is 4.71. The second kappa shape index (κ2) is 6.56. The molecule has 0 saturated carbocycles. The van der Waals surface area contributed by atoms with E-state index in [9.17, 15) is 13.5 Å². The van der Waals surface area contributed by atoms with E-state index in [1.165, 1.54) is 6.07 Å². The summed E-state index contributed by atoms with van der Waals surface area (Å²) in [6.07, 6.45) is 1.42. The SMILES string of the molecule is CCC(CC)(CO)CNS(=O)(=O)c1ccc(N)cc1C. The summed E-state index contributed by atoms with van der Waals surface area (Å²) in [6.45, 7) is 5.79. The van der Waals surface area contributed by atoms with Gasteiger partial charge in [-0.15, -0.1) is 0 Å². The van der Waals surface area contributed by atoms with Crippen LogP contribution in [-0.4, -0.2) is 26.7 Å². The first-order valence-corrected chi connectivity index (χ1v) is 8.25.